The van der Waals surface area contributed by atoms with Gasteiger partial charge in [-0.15, -0.1) is 11.3 Å². The Labute approximate surface area is 118 Å². The van der Waals surface area contributed by atoms with Crippen LogP contribution in [-0.4, -0.2) is 0 Å². The van der Waals surface area contributed by atoms with E-state index in [1.165, 1.54) is 10.4 Å². The Hall–Kier alpha value is -0.390. The summed E-state index contributed by atoms with van der Waals surface area (Å²) >= 11 is 11.4. The molecule has 3 N–H and O–H groups in total. The number of hydrazine groups is 1. The first-order valence-electron chi connectivity index (χ1n) is 5.08. The van der Waals surface area contributed by atoms with E-state index >= 15 is 0 Å². The number of thiophene rings is 1. The molecule has 0 aliphatic carbocycles. The fourth-order valence-electron chi connectivity index (χ4n) is 1.78. The highest BCUT2D eigenvalue weighted by Crippen LogP contribution is 2.33. The van der Waals surface area contributed by atoms with Crippen molar-refractivity contribution in [2.24, 2.45) is 5.84 Å². The van der Waals surface area contributed by atoms with Crippen LogP contribution in [0.3, 0.4) is 0 Å². The van der Waals surface area contributed by atoms with Crippen LogP contribution in [0.15, 0.2) is 34.1 Å². The molecule has 1 unspecified atom stereocenters. The molecule has 1 aromatic carbocycles. The third kappa shape index (κ3) is 2.72. The van der Waals surface area contributed by atoms with Crippen molar-refractivity contribution in [1.29, 1.82) is 0 Å². The van der Waals surface area contributed by atoms with Crippen molar-refractivity contribution in [2.75, 3.05) is 0 Å². The van der Waals surface area contributed by atoms with Crippen LogP contribution >= 0.6 is 38.9 Å². The van der Waals surface area contributed by atoms with Gasteiger partial charge in [-0.25, -0.2) is 5.43 Å². The lowest BCUT2D eigenvalue weighted by Gasteiger charge is -2.18. The van der Waals surface area contributed by atoms with Gasteiger partial charge < -0.3 is 0 Å². The van der Waals surface area contributed by atoms with E-state index in [1.54, 1.807) is 11.3 Å². The topological polar surface area (TPSA) is 38.0 Å². The Bertz CT molecular complexity index is 527. The number of benzene rings is 1. The maximum absolute atomic E-state index is 6.25. The third-order valence-corrected chi connectivity index (χ3v) is 4.33. The van der Waals surface area contributed by atoms with Crippen molar-refractivity contribution >= 4 is 38.9 Å². The van der Waals surface area contributed by atoms with Gasteiger partial charge in [0.15, 0.2) is 0 Å². The van der Waals surface area contributed by atoms with Crippen LogP contribution in [-0.2, 0) is 0 Å². The number of halogens is 2. The second-order valence-electron chi connectivity index (χ2n) is 3.70. The number of nitrogens with two attached hydrogens (primary N) is 1. The maximum Gasteiger partial charge on any atom is 0.0735 e. The van der Waals surface area contributed by atoms with Crippen LogP contribution in [0, 0.1) is 6.92 Å². The second-order valence-corrected chi connectivity index (χ2v) is 6.14. The quantitative estimate of drug-likeness (QED) is 0.658. The van der Waals surface area contributed by atoms with Gasteiger partial charge in [0.1, 0.15) is 0 Å². The molecule has 2 nitrogen and oxygen atoms in total. The first-order valence-corrected chi connectivity index (χ1v) is 7.13. The standard InChI is InChI=1S/C12H12BrClN2S/c1-7-9(4-5-17-7)12(16-15)10-3-2-8(13)6-11(10)14/h2-6,12,16H,15H2,1H3. The number of aryl methyl sites for hydroxylation is 1. The van der Waals surface area contributed by atoms with Crippen LogP contribution in [0.2, 0.25) is 5.02 Å². The minimum absolute atomic E-state index is 0.0677. The van der Waals surface area contributed by atoms with E-state index in [2.05, 4.69) is 39.7 Å². The van der Waals surface area contributed by atoms with Gasteiger partial charge in [0.05, 0.1) is 6.04 Å². The zero-order valence-corrected chi connectivity index (χ0v) is 12.4. The molecular formula is C12H12BrClN2S. The molecule has 0 aliphatic heterocycles. The van der Waals surface area contributed by atoms with Gasteiger partial charge in [-0.3, -0.25) is 5.84 Å². The minimum atomic E-state index is -0.0677. The Morgan fingerprint density at radius 1 is 1.35 bits per heavy atom. The molecule has 1 aromatic heterocycles. The van der Waals surface area contributed by atoms with E-state index in [0.29, 0.717) is 5.02 Å². The lowest BCUT2D eigenvalue weighted by molar-refractivity contribution is 0.636. The maximum atomic E-state index is 6.25. The highest BCUT2D eigenvalue weighted by Gasteiger charge is 2.18. The number of hydrogen-bond donors (Lipinski definition) is 2. The molecule has 0 aliphatic rings. The highest BCUT2D eigenvalue weighted by molar-refractivity contribution is 9.10. The van der Waals surface area contributed by atoms with Crippen molar-refractivity contribution in [3.63, 3.8) is 0 Å². The summed E-state index contributed by atoms with van der Waals surface area (Å²) in [5, 5.41) is 2.76. The van der Waals surface area contributed by atoms with E-state index < -0.39 is 0 Å². The van der Waals surface area contributed by atoms with E-state index in [4.69, 9.17) is 17.4 Å². The number of rotatable bonds is 3. The monoisotopic (exact) mass is 330 g/mol. The summed E-state index contributed by atoms with van der Waals surface area (Å²) in [5.74, 6) is 5.66. The fraction of sp³-hybridized carbons (Fsp3) is 0.167. The summed E-state index contributed by atoms with van der Waals surface area (Å²) in [6, 6.07) is 7.83. The molecule has 2 aromatic rings. The molecule has 0 spiro atoms. The normalized spacial score (nSPS) is 12.7. The molecular weight excluding hydrogens is 320 g/mol. The molecule has 0 fully saturated rings. The molecule has 1 atom stereocenters. The zero-order valence-electron chi connectivity index (χ0n) is 9.21. The molecule has 0 amide bonds. The van der Waals surface area contributed by atoms with E-state index in [-0.39, 0.29) is 6.04 Å². The molecule has 17 heavy (non-hydrogen) atoms. The first kappa shape index (κ1) is 13.1. The Kier molecular flexibility index (Phi) is 4.22. The molecule has 5 heteroatoms. The van der Waals surface area contributed by atoms with Crippen molar-refractivity contribution in [3.05, 3.63) is 55.1 Å². The predicted molar refractivity (Wildman–Crippen MR) is 77.4 cm³/mol. The van der Waals surface area contributed by atoms with Gasteiger partial charge in [0.2, 0.25) is 0 Å². The van der Waals surface area contributed by atoms with Gasteiger partial charge in [-0.1, -0.05) is 33.6 Å². The molecule has 0 bridgehead atoms. The number of hydrogen-bond acceptors (Lipinski definition) is 3. The van der Waals surface area contributed by atoms with Crippen LogP contribution in [0.25, 0.3) is 0 Å². The molecule has 0 saturated heterocycles. The highest BCUT2D eigenvalue weighted by atomic mass is 79.9. The average molecular weight is 332 g/mol. The Morgan fingerprint density at radius 2 is 2.12 bits per heavy atom. The predicted octanol–water partition coefficient (Wildman–Crippen LogP) is 4.03. The van der Waals surface area contributed by atoms with Crippen molar-refractivity contribution in [1.82, 2.24) is 5.43 Å². The lowest BCUT2D eigenvalue weighted by Crippen LogP contribution is -2.29. The van der Waals surface area contributed by atoms with Crippen molar-refractivity contribution in [3.8, 4) is 0 Å². The van der Waals surface area contributed by atoms with Gasteiger partial charge in [-0.2, -0.15) is 0 Å². The summed E-state index contributed by atoms with van der Waals surface area (Å²) in [4.78, 5) is 1.24. The summed E-state index contributed by atoms with van der Waals surface area (Å²) < 4.78 is 0.962. The van der Waals surface area contributed by atoms with Crippen molar-refractivity contribution < 1.29 is 0 Å². The van der Waals surface area contributed by atoms with Crippen LogP contribution < -0.4 is 11.3 Å². The largest absolute Gasteiger partial charge is 0.271 e. The van der Waals surface area contributed by atoms with Crippen LogP contribution in [0.1, 0.15) is 22.0 Å². The van der Waals surface area contributed by atoms with E-state index in [1.807, 2.05) is 18.2 Å². The summed E-state index contributed by atoms with van der Waals surface area (Å²) in [5.41, 5.74) is 4.98. The van der Waals surface area contributed by atoms with Crippen LogP contribution in [0.4, 0.5) is 0 Å². The SMILES string of the molecule is Cc1sccc1C(NN)c1ccc(Br)cc1Cl. The van der Waals surface area contributed by atoms with Gasteiger partial charge in [0.25, 0.3) is 0 Å². The summed E-state index contributed by atoms with van der Waals surface area (Å²) in [6.45, 7) is 2.08. The summed E-state index contributed by atoms with van der Waals surface area (Å²) in [7, 11) is 0. The van der Waals surface area contributed by atoms with Gasteiger partial charge >= 0.3 is 0 Å². The second kappa shape index (κ2) is 5.50. The fourth-order valence-corrected chi connectivity index (χ4v) is 3.30. The smallest absolute Gasteiger partial charge is 0.0735 e. The van der Waals surface area contributed by atoms with Crippen molar-refractivity contribution in [2.45, 2.75) is 13.0 Å². The summed E-state index contributed by atoms with van der Waals surface area (Å²) in [6.07, 6.45) is 0. The Balaban J connectivity index is 2.46. The van der Waals surface area contributed by atoms with Gasteiger partial charge in [0, 0.05) is 14.4 Å². The molecule has 90 valence electrons. The average Bonchev–Trinajstić information content (AvgIpc) is 2.69. The molecule has 1 heterocycles. The van der Waals surface area contributed by atoms with E-state index in [9.17, 15) is 0 Å². The minimum Gasteiger partial charge on any atom is -0.271 e. The van der Waals surface area contributed by atoms with Crippen LogP contribution in [0.5, 0.6) is 0 Å². The molecule has 0 saturated carbocycles. The molecule has 2 rings (SSSR count). The zero-order chi connectivity index (χ0) is 12.4. The Morgan fingerprint density at radius 3 is 2.65 bits per heavy atom. The lowest BCUT2D eigenvalue weighted by atomic mass is 10.0. The third-order valence-electron chi connectivity index (χ3n) is 2.65. The van der Waals surface area contributed by atoms with E-state index in [0.717, 1.165) is 10.0 Å². The number of nitrogens with one attached hydrogen (secondary N) is 1. The van der Waals surface area contributed by atoms with Gasteiger partial charge in [-0.05, 0) is 41.6 Å². The molecule has 0 radical (unpaired) electrons. The first-order chi connectivity index (χ1) is 8.13.